The van der Waals surface area contributed by atoms with Gasteiger partial charge in [-0.15, -0.1) is 0 Å². The van der Waals surface area contributed by atoms with Crippen molar-refractivity contribution in [2.24, 2.45) is 0 Å². The second-order valence-electron chi connectivity index (χ2n) is 6.40. The molecule has 4 heteroatoms. The number of carbonyl (C=O) groups excluding carboxylic acids is 2. The van der Waals surface area contributed by atoms with Crippen LogP contribution in [-0.2, 0) is 0 Å². The predicted molar refractivity (Wildman–Crippen MR) is 98.9 cm³/mol. The molecule has 130 valence electrons. The van der Waals surface area contributed by atoms with Crippen LogP contribution in [-0.4, -0.2) is 42.8 Å². The molecule has 1 amide bonds. The van der Waals surface area contributed by atoms with Crippen LogP contribution < -0.4 is 5.32 Å². The fourth-order valence-corrected chi connectivity index (χ4v) is 3.23. The first-order chi connectivity index (χ1) is 12.3. The molecule has 0 radical (unpaired) electrons. The lowest BCUT2D eigenvalue weighted by Crippen LogP contribution is -2.38. The monoisotopic (exact) mass is 336 g/mol. The van der Waals surface area contributed by atoms with Crippen LogP contribution in [0.2, 0.25) is 0 Å². The average Bonchev–Trinajstić information content (AvgIpc) is 2.69. The fraction of sp³-hybridized carbons (Fsp3) is 0.333. The van der Waals surface area contributed by atoms with Crippen molar-refractivity contribution in [2.75, 3.05) is 26.2 Å². The van der Waals surface area contributed by atoms with Crippen LogP contribution in [0.4, 0.5) is 0 Å². The fourth-order valence-electron chi connectivity index (χ4n) is 3.23. The highest BCUT2D eigenvalue weighted by Crippen LogP contribution is 2.15. The molecule has 4 nitrogen and oxygen atoms in total. The van der Waals surface area contributed by atoms with Gasteiger partial charge in [0.2, 0.25) is 0 Å². The number of benzene rings is 2. The zero-order chi connectivity index (χ0) is 17.5. The molecule has 0 spiro atoms. The third-order valence-corrected chi connectivity index (χ3v) is 4.61. The lowest BCUT2D eigenvalue weighted by atomic mass is 9.98. The Morgan fingerprint density at radius 1 is 0.840 bits per heavy atom. The number of rotatable bonds is 6. The summed E-state index contributed by atoms with van der Waals surface area (Å²) in [6, 6.07) is 16.1. The molecule has 1 aliphatic heterocycles. The number of nitrogens with zero attached hydrogens (tertiary/aromatic N) is 1. The van der Waals surface area contributed by atoms with Gasteiger partial charge in [0, 0.05) is 24.2 Å². The third-order valence-electron chi connectivity index (χ3n) is 4.61. The first kappa shape index (κ1) is 17.4. The Kier molecular flexibility index (Phi) is 5.96. The Hall–Kier alpha value is -2.46. The maximum atomic E-state index is 12.7. The number of nitrogens with one attached hydrogen (secondary N) is 1. The molecule has 1 N–H and O–H groups in total. The van der Waals surface area contributed by atoms with Gasteiger partial charge in [0.1, 0.15) is 0 Å². The summed E-state index contributed by atoms with van der Waals surface area (Å²) in [4.78, 5) is 27.6. The molecule has 25 heavy (non-hydrogen) atoms. The molecule has 3 rings (SSSR count). The van der Waals surface area contributed by atoms with Gasteiger partial charge in [-0.1, -0.05) is 55.0 Å². The van der Waals surface area contributed by atoms with Crippen LogP contribution in [0, 0.1) is 0 Å². The molecule has 2 aromatic rings. The first-order valence-electron chi connectivity index (χ1n) is 8.95. The van der Waals surface area contributed by atoms with E-state index in [1.54, 1.807) is 36.4 Å². The summed E-state index contributed by atoms with van der Waals surface area (Å²) in [7, 11) is 0. The van der Waals surface area contributed by atoms with Gasteiger partial charge in [0.15, 0.2) is 5.78 Å². The summed E-state index contributed by atoms with van der Waals surface area (Å²) in [5, 5.41) is 2.96. The number of amides is 1. The summed E-state index contributed by atoms with van der Waals surface area (Å²) in [5.74, 6) is -0.306. The van der Waals surface area contributed by atoms with Crippen molar-refractivity contribution >= 4 is 11.7 Å². The van der Waals surface area contributed by atoms with Gasteiger partial charge in [0.05, 0.1) is 5.56 Å². The molecule has 0 unspecified atom stereocenters. The van der Waals surface area contributed by atoms with Crippen LogP contribution in [0.3, 0.4) is 0 Å². The highest BCUT2D eigenvalue weighted by atomic mass is 16.2. The molecular weight excluding hydrogens is 312 g/mol. The van der Waals surface area contributed by atoms with Gasteiger partial charge in [-0.05, 0) is 32.0 Å². The zero-order valence-electron chi connectivity index (χ0n) is 14.4. The van der Waals surface area contributed by atoms with E-state index in [9.17, 15) is 9.59 Å². The van der Waals surface area contributed by atoms with Crippen LogP contribution >= 0.6 is 0 Å². The number of hydrogen-bond acceptors (Lipinski definition) is 3. The van der Waals surface area contributed by atoms with Crippen molar-refractivity contribution < 1.29 is 9.59 Å². The molecule has 1 fully saturated rings. The number of piperidine rings is 1. The topological polar surface area (TPSA) is 49.4 Å². The van der Waals surface area contributed by atoms with E-state index >= 15 is 0 Å². The van der Waals surface area contributed by atoms with Crippen LogP contribution in [0.15, 0.2) is 54.6 Å². The summed E-state index contributed by atoms with van der Waals surface area (Å²) in [6.07, 6.45) is 3.78. The largest absolute Gasteiger partial charge is 0.351 e. The first-order valence-corrected chi connectivity index (χ1v) is 8.95. The van der Waals surface area contributed by atoms with E-state index in [4.69, 9.17) is 0 Å². The third kappa shape index (κ3) is 4.54. The molecule has 2 aromatic carbocycles. The number of likely N-dealkylation sites (tertiary alicyclic amines) is 1. The van der Waals surface area contributed by atoms with Crippen LogP contribution in [0.25, 0.3) is 0 Å². The standard InChI is InChI=1S/C21H24N2O2/c24-20(17-9-3-1-4-10-17)18-11-5-6-12-19(18)21(25)22-13-16-23-14-7-2-8-15-23/h1,3-6,9-12H,2,7-8,13-16H2,(H,22,25). The Morgan fingerprint density at radius 2 is 1.48 bits per heavy atom. The van der Waals surface area contributed by atoms with Crippen molar-refractivity contribution in [1.82, 2.24) is 10.2 Å². The molecule has 0 aromatic heterocycles. The minimum absolute atomic E-state index is 0.123. The molecular formula is C21H24N2O2. The highest BCUT2D eigenvalue weighted by molar-refractivity contribution is 6.15. The van der Waals surface area contributed by atoms with Gasteiger partial charge in [-0.25, -0.2) is 0 Å². The average molecular weight is 336 g/mol. The van der Waals surface area contributed by atoms with Crippen molar-refractivity contribution in [3.8, 4) is 0 Å². The predicted octanol–water partition coefficient (Wildman–Crippen LogP) is 3.13. The Morgan fingerprint density at radius 3 is 2.20 bits per heavy atom. The maximum absolute atomic E-state index is 12.7. The van der Waals surface area contributed by atoms with Crippen molar-refractivity contribution in [2.45, 2.75) is 19.3 Å². The molecule has 1 heterocycles. The van der Waals surface area contributed by atoms with Gasteiger partial charge >= 0.3 is 0 Å². The SMILES string of the molecule is O=C(NCCN1CCCCC1)c1ccccc1C(=O)c1ccccc1. The molecule has 0 aliphatic carbocycles. The van der Waals surface area contributed by atoms with E-state index in [-0.39, 0.29) is 11.7 Å². The van der Waals surface area contributed by atoms with Crippen LogP contribution in [0.1, 0.15) is 45.5 Å². The van der Waals surface area contributed by atoms with Gasteiger partial charge in [-0.2, -0.15) is 0 Å². The lowest BCUT2D eigenvalue weighted by Gasteiger charge is -2.26. The maximum Gasteiger partial charge on any atom is 0.252 e. The van der Waals surface area contributed by atoms with E-state index < -0.39 is 0 Å². The summed E-state index contributed by atoms with van der Waals surface area (Å²) in [5.41, 5.74) is 1.48. The number of carbonyl (C=O) groups is 2. The van der Waals surface area contributed by atoms with Gasteiger partial charge in [-0.3, -0.25) is 9.59 Å². The van der Waals surface area contributed by atoms with Crippen molar-refractivity contribution in [3.05, 3.63) is 71.3 Å². The highest BCUT2D eigenvalue weighted by Gasteiger charge is 2.18. The van der Waals surface area contributed by atoms with Crippen molar-refractivity contribution in [3.63, 3.8) is 0 Å². The van der Waals surface area contributed by atoms with Crippen molar-refractivity contribution in [1.29, 1.82) is 0 Å². The molecule has 1 saturated heterocycles. The number of hydrogen-bond donors (Lipinski definition) is 1. The van der Waals surface area contributed by atoms with Gasteiger partial charge in [0.25, 0.3) is 5.91 Å². The molecule has 0 saturated carbocycles. The number of ketones is 1. The normalized spacial score (nSPS) is 14.9. The summed E-state index contributed by atoms with van der Waals surface area (Å²) >= 11 is 0. The Labute approximate surface area is 148 Å². The van der Waals surface area contributed by atoms with E-state index in [2.05, 4.69) is 10.2 Å². The molecule has 1 aliphatic rings. The van der Waals surface area contributed by atoms with E-state index in [0.29, 0.717) is 23.2 Å². The van der Waals surface area contributed by atoms with E-state index in [1.165, 1.54) is 19.3 Å². The Balaban J connectivity index is 1.65. The molecule has 0 atom stereocenters. The molecule has 0 bridgehead atoms. The summed E-state index contributed by atoms with van der Waals surface area (Å²) < 4.78 is 0. The second kappa shape index (κ2) is 8.58. The van der Waals surface area contributed by atoms with E-state index in [1.807, 2.05) is 18.2 Å². The quantitative estimate of drug-likeness (QED) is 0.825. The van der Waals surface area contributed by atoms with E-state index in [0.717, 1.165) is 19.6 Å². The zero-order valence-corrected chi connectivity index (χ0v) is 14.4. The lowest BCUT2D eigenvalue weighted by molar-refractivity contribution is 0.0936. The van der Waals surface area contributed by atoms with Crippen LogP contribution in [0.5, 0.6) is 0 Å². The minimum atomic E-state index is -0.183. The minimum Gasteiger partial charge on any atom is -0.351 e. The second-order valence-corrected chi connectivity index (χ2v) is 6.40. The van der Waals surface area contributed by atoms with Gasteiger partial charge < -0.3 is 10.2 Å². The summed E-state index contributed by atoms with van der Waals surface area (Å²) in [6.45, 7) is 3.69. The smallest absolute Gasteiger partial charge is 0.252 e. The Bertz CT molecular complexity index is 722.